The zero-order valence-electron chi connectivity index (χ0n) is 14.4. The molecule has 0 N–H and O–H groups in total. The third-order valence-electron chi connectivity index (χ3n) is 4.33. The smallest absolute Gasteiger partial charge is 0.288 e. The summed E-state index contributed by atoms with van der Waals surface area (Å²) in [6.45, 7) is 0.383. The Morgan fingerprint density at radius 2 is 1.96 bits per heavy atom. The number of nitro benzene ring substituents is 1. The maximum Gasteiger partial charge on any atom is 0.288 e. The number of carbonyl (C=O) groups excluding carboxylic acids is 2. The van der Waals surface area contributed by atoms with Gasteiger partial charge in [0.1, 0.15) is 17.5 Å². The Labute approximate surface area is 169 Å². The van der Waals surface area contributed by atoms with Crippen LogP contribution in [-0.4, -0.2) is 34.9 Å². The van der Waals surface area contributed by atoms with Crippen LogP contribution in [0.2, 0.25) is 10.0 Å². The molecule has 1 fully saturated rings. The van der Waals surface area contributed by atoms with Crippen LogP contribution in [0.25, 0.3) is 0 Å². The number of hydrogen-bond acceptors (Lipinski definition) is 4. The molecule has 0 atom stereocenters. The topological polar surface area (TPSA) is 83.8 Å². The average Bonchev–Trinajstić information content (AvgIpc) is 3.06. The van der Waals surface area contributed by atoms with Crippen LogP contribution in [0.4, 0.5) is 15.8 Å². The van der Waals surface area contributed by atoms with E-state index in [4.69, 9.17) is 23.2 Å². The van der Waals surface area contributed by atoms with Crippen molar-refractivity contribution in [3.8, 4) is 0 Å². The summed E-state index contributed by atoms with van der Waals surface area (Å²) in [4.78, 5) is 38.3. The summed E-state index contributed by atoms with van der Waals surface area (Å²) in [6, 6.07) is 7.39. The Balaban J connectivity index is 2.01. The van der Waals surface area contributed by atoms with Gasteiger partial charge in [0, 0.05) is 30.3 Å². The Kier molecular flexibility index (Phi) is 5.81. The third-order valence-corrected chi connectivity index (χ3v) is 4.94. The Bertz CT molecular complexity index is 970. The molecule has 2 aromatic rings. The van der Waals surface area contributed by atoms with E-state index < -0.39 is 22.3 Å². The maximum absolute atomic E-state index is 13.5. The molecule has 146 valence electrons. The number of likely N-dealkylation sites (tertiary alicyclic amines) is 1. The van der Waals surface area contributed by atoms with Crippen LogP contribution in [-0.2, 0) is 4.79 Å². The van der Waals surface area contributed by atoms with Gasteiger partial charge in [-0.05, 0) is 36.8 Å². The Morgan fingerprint density at radius 3 is 2.57 bits per heavy atom. The molecule has 1 saturated heterocycles. The summed E-state index contributed by atoms with van der Waals surface area (Å²) in [5.74, 6) is -1.38. The second-order valence-corrected chi connectivity index (χ2v) is 6.97. The minimum Gasteiger partial charge on any atom is -0.324 e. The fraction of sp³-hybridized carbons (Fsp3) is 0.222. The molecule has 0 bridgehead atoms. The molecule has 0 unspecified atom stereocenters. The van der Waals surface area contributed by atoms with Crippen LogP contribution in [0.5, 0.6) is 0 Å². The van der Waals surface area contributed by atoms with Crippen molar-refractivity contribution in [3.05, 3.63) is 67.9 Å². The first-order valence-corrected chi connectivity index (χ1v) is 9.02. The van der Waals surface area contributed by atoms with Crippen LogP contribution in [0.3, 0.4) is 0 Å². The molecule has 0 aliphatic carbocycles. The second-order valence-electron chi connectivity index (χ2n) is 6.16. The van der Waals surface area contributed by atoms with E-state index in [1.54, 1.807) is 0 Å². The normalized spacial score (nSPS) is 13.7. The molecule has 2 aromatic carbocycles. The molecular formula is C18H14Cl2FN3O4. The molecule has 1 aliphatic rings. The van der Waals surface area contributed by atoms with Crippen molar-refractivity contribution in [2.75, 3.05) is 18.1 Å². The van der Waals surface area contributed by atoms with E-state index in [1.165, 1.54) is 34.1 Å². The Hall–Kier alpha value is -2.71. The minimum absolute atomic E-state index is 0.00296. The van der Waals surface area contributed by atoms with Crippen LogP contribution in [0.15, 0.2) is 36.4 Å². The molecule has 3 rings (SSSR count). The second kappa shape index (κ2) is 8.12. The number of benzene rings is 2. The monoisotopic (exact) mass is 425 g/mol. The van der Waals surface area contributed by atoms with Crippen molar-refractivity contribution in [2.45, 2.75) is 12.8 Å². The number of anilines is 1. The lowest BCUT2D eigenvalue weighted by atomic mass is 10.1. The van der Waals surface area contributed by atoms with Crippen molar-refractivity contribution >= 4 is 46.4 Å². The fourth-order valence-corrected chi connectivity index (χ4v) is 3.24. The molecular weight excluding hydrogens is 412 g/mol. The van der Waals surface area contributed by atoms with Gasteiger partial charge < -0.3 is 4.90 Å². The Morgan fingerprint density at radius 1 is 1.21 bits per heavy atom. The van der Waals surface area contributed by atoms with Gasteiger partial charge in [0.2, 0.25) is 5.91 Å². The molecule has 10 heteroatoms. The van der Waals surface area contributed by atoms with E-state index >= 15 is 0 Å². The van der Waals surface area contributed by atoms with E-state index in [-0.39, 0.29) is 33.9 Å². The molecule has 28 heavy (non-hydrogen) atoms. The van der Waals surface area contributed by atoms with Gasteiger partial charge in [-0.15, -0.1) is 0 Å². The number of nitro groups is 1. The maximum atomic E-state index is 13.5. The van der Waals surface area contributed by atoms with Crippen molar-refractivity contribution in [3.63, 3.8) is 0 Å². The number of rotatable bonds is 5. The molecule has 0 aromatic heterocycles. The van der Waals surface area contributed by atoms with E-state index in [1.807, 2.05) is 0 Å². The van der Waals surface area contributed by atoms with Gasteiger partial charge in [-0.25, -0.2) is 4.39 Å². The van der Waals surface area contributed by atoms with E-state index in [9.17, 15) is 24.1 Å². The molecule has 0 spiro atoms. The molecule has 0 radical (unpaired) electrons. The number of nitrogens with zero attached hydrogens (tertiary/aromatic N) is 3. The summed E-state index contributed by atoms with van der Waals surface area (Å²) in [7, 11) is 0. The fourth-order valence-electron chi connectivity index (χ4n) is 2.88. The molecule has 7 nitrogen and oxygen atoms in total. The van der Waals surface area contributed by atoms with Crippen LogP contribution < -0.4 is 4.90 Å². The van der Waals surface area contributed by atoms with Gasteiger partial charge in [0.05, 0.1) is 9.95 Å². The zero-order valence-corrected chi connectivity index (χ0v) is 15.9. The highest BCUT2D eigenvalue weighted by molar-refractivity contribution is 6.33. The number of halogens is 3. The van der Waals surface area contributed by atoms with Gasteiger partial charge in [0.25, 0.3) is 11.6 Å². The molecule has 0 saturated carbocycles. The largest absolute Gasteiger partial charge is 0.324 e. The summed E-state index contributed by atoms with van der Waals surface area (Å²) in [5.41, 5.74) is -0.154. The first kappa shape index (κ1) is 20.0. The third kappa shape index (κ3) is 4.07. The van der Waals surface area contributed by atoms with Crippen LogP contribution >= 0.6 is 23.2 Å². The van der Waals surface area contributed by atoms with Gasteiger partial charge in [0.15, 0.2) is 0 Å². The summed E-state index contributed by atoms with van der Waals surface area (Å²) in [5, 5.41) is 10.8. The van der Waals surface area contributed by atoms with Crippen LogP contribution in [0, 0.1) is 15.9 Å². The lowest BCUT2D eigenvalue weighted by Crippen LogP contribution is -2.42. The lowest BCUT2D eigenvalue weighted by Gasteiger charge is -2.28. The quantitative estimate of drug-likeness (QED) is 0.528. The first-order valence-electron chi connectivity index (χ1n) is 8.26. The predicted octanol–water partition coefficient (Wildman–Crippen LogP) is 4.27. The minimum atomic E-state index is -0.692. The highest BCUT2D eigenvalue weighted by atomic mass is 35.5. The number of carbonyl (C=O) groups is 2. The molecule has 1 heterocycles. The van der Waals surface area contributed by atoms with Crippen molar-refractivity contribution < 1.29 is 18.9 Å². The van der Waals surface area contributed by atoms with Crippen molar-refractivity contribution in [2.24, 2.45) is 0 Å². The molecule has 1 aliphatic heterocycles. The highest BCUT2D eigenvalue weighted by Crippen LogP contribution is 2.29. The van der Waals surface area contributed by atoms with E-state index in [0.717, 1.165) is 12.1 Å². The van der Waals surface area contributed by atoms with Crippen molar-refractivity contribution in [1.29, 1.82) is 0 Å². The van der Waals surface area contributed by atoms with Gasteiger partial charge in [-0.1, -0.05) is 23.2 Å². The first-order chi connectivity index (χ1) is 13.3. The van der Waals surface area contributed by atoms with Gasteiger partial charge in [-0.2, -0.15) is 0 Å². The van der Waals surface area contributed by atoms with Gasteiger partial charge >= 0.3 is 0 Å². The number of hydrogen-bond donors (Lipinski definition) is 0. The van der Waals surface area contributed by atoms with Crippen molar-refractivity contribution in [1.82, 2.24) is 4.90 Å². The zero-order chi connectivity index (χ0) is 20.4. The predicted molar refractivity (Wildman–Crippen MR) is 102 cm³/mol. The standard InChI is InChI=1S/C18H14Cl2FN3O4/c19-13-5-3-11(8-16(13)24(27)28)18(26)23(10-22-7-1-2-17(22)25)12-4-6-15(21)14(20)9-12/h3-6,8-9H,1-2,7,10H2. The number of amides is 2. The summed E-state index contributed by atoms with van der Waals surface area (Å²) < 4.78 is 13.5. The summed E-state index contributed by atoms with van der Waals surface area (Å²) >= 11 is 11.6. The van der Waals surface area contributed by atoms with Crippen LogP contribution in [0.1, 0.15) is 23.2 Å². The van der Waals surface area contributed by atoms with E-state index in [0.29, 0.717) is 19.4 Å². The average molecular weight is 426 g/mol. The SMILES string of the molecule is O=C1CCCN1CN(C(=O)c1ccc(Cl)c([N+](=O)[O-])c1)c1ccc(F)c(Cl)c1. The van der Waals surface area contributed by atoms with Gasteiger partial charge in [-0.3, -0.25) is 24.6 Å². The molecule has 2 amide bonds. The van der Waals surface area contributed by atoms with E-state index in [2.05, 4.69) is 0 Å². The lowest BCUT2D eigenvalue weighted by molar-refractivity contribution is -0.384. The highest BCUT2D eigenvalue weighted by Gasteiger charge is 2.28. The summed E-state index contributed by atoms with van der Waals surface area (Å²) in [6.07, 6.45) is 1.04.